The lowest BCUT2D eigenvalue weighted by Crippen LogP contribution is -2.31. The Morgan fingerprint density at radius 2 is 2.12 bits per heavy atom. The SMILES string of the molecule is N#C/C(=C/Nc1ccc([N+](=O)[O-])cc1)C(=O)NCCCN1CCCC1=O. The Morgan fingerprint density at radius 3 is 2.69 bits per heavy atom. The third-order valence-corrected chi connectivity index (χ3v) is 3.89. The summed E-state index contributed by atoms with van der Waals surface area (Å²) in [4.78, 5) is 35.3. The number of nitrogens with zero attached hydrogens (tertiary/aromatic N) is 3. The van der Waals surface area contributed by atoms with Crippen LogP contribution in [0.5, 0.6) is 0 Å². The van der Waals surface area contributed by atoms with Crippen LogP contribution < -0.4 is 10.6 Å². The summed E-state index contributed by atoms with van der Waals surface area (Å²) in [5.74, 6) is -0.379. The van der Waals surface area contributed by atoms with Gasteiger partial charge in [-0.25, -0.2) is 0 Å². The Balaban J connectivity index is 1.79. The molecular weight excluding hydrogens is 338 g/mol. The van der Waals surface area contributed by atoms with Crippen LogP contribution in [0.15, 0.2) is 36.0 Å². The van der Waals surface area contributed by atoms with Crippen molar-refractivity contribution in [1.29, 1.82) is 5.26 Å². The van der Waals surface area contributed by atoms with Gasteiger partial charge in [0.25, 0.3) is 11.6 Å². The predicted molar refractivity (Wildman–Crippen MR) is 93.9 cm³/mol. The fraction of sp³-hybridized carbons (Fsp3) is 0.353. The first-order valence-electron chi connectivity index (χ1n) is 8.18. The number of amides is 2. The van der Waals surface area contributed by atoms with Gasteiger partial charge < -0.3 is 15.5 Å². The van der Waals surface area contributed by atoms with E-state index >= 15 is 0 Å². The topological polar surface area (TPSA) is 128 Å². The second kappa shape index (κ2) is 9.17. The number of nitro groups is 1. The van der Waals surface area contributed by atoms with E-state index in [9.17, 15) is 19.7 Å². The molecule has 0 spiro atoms. The molecule has 1 saturated heterocycles. The van der Waals surface area contributed by atoms with Gasteiger partial charge in [0.2, 0.25) is 5.91 Å². The molecule has 0 bridgehead atoms. The molecule has 1 aromatic carbocycles. The highest BCUT2D eigenvalue weighted by Crippen LogP contribution is 2.15. The smallest absolute Gasteiger partial charge is 0.269 e. The zero-order valence-corrected chi connectivity index (χ0v) is 14.1. The van der Waals surface area contributed by atoms with E-state index in [1.807, 2.05) is 0 Å². The summed E-state index contributed by atoms with van der Waals surface area (Å²) in [5.41, 5.74) is 0.360. The number of non-ortho nitro benzene ring substituents is 1. The third-order valence-electron chi connectivity index (χ3n) is 3.89. The number of carbonyl (C=O) groups is 2. The highest BCUT2D eigenvalue weighted by atomic mass is 16.6. The first kappa shape index (κ1) is 18.9. The van der Waals surface area contributed by atoms with Crippen molar-refractivity contribution in [3.05, 3.63) is 46.2 Å². The lowest BCUT2D eigenvalue weighted by molar-refractivity contribution is -0.384. The van der Waals surface area contributed by atoms with Gasteiger partial charge in [-0.3, -0.25) is 19.7 Å². The van der Waals surface area contributed by atoms with Crippen molar-refractivity contribution >= 4 is 23.2 Å². The molecular formula is C17H19N5O4. The number of nitrogens with one attached hydrogen (secondary N) is 2. The standard InChI is InChI=1S/C17H19N5O4/c18-11-13(12-20-14-4-6-15(7-5-14)22(25)26)17(24)19-8-2-10-21-9-1-3-16(21)23/h4-7,12,20H,1-3,8-10H2,(H,19,24)/b13-12-. The van der Waals surface area contributed by atoms with E-state index in [4.69, 9.17) is 5.26 Å². The van der Waals surface area contributed by atoms with Crippen molar-refractivity contribution in [2.24, 2.45) is 0 Å². The molecule has 9 nitrogen and oxygen atoms in total. The number of nitro benzene ring substituents is 1. The molecule has 0 aromatic heterocycles. The first-order valence-corrected chi connectivity index (χ1v) is 8.18. The van der Waals surface area contributed by atoms with E-state index in [2.05, 4.69) is 10.6 Å². The molecule has 0 radical (unpaired) electrons. The number of benzene rings is 1. The van der Waals surface area contributed by atoms with Crippen LogP contribution in [0.1, 0.15) is 19.3 Å². The van der Waals surface area contributed by atoms with E-state index in [1.165, 1.54) is 30.5 Å². The van der Waals surface area contributed by atoms with Crippen LogP contribution in [0, 0.1) is 21.4 Å². The van der Waals surface area contributed by atoms with Crippen LogP contribution in [0.25, 0.3) is 0 Å². The number of carbonyl (C=O) groups excluding carboxylic acids is 2. The lowest BCUT2D eigenvalue weighted by atomic mass is 10.2. The van der Waals surface area contributed by atoms with Gasteiger partial charge in [-0.05, 0) is 25.0 Å². The van der Waals surface area contributed by atoms with E-state index in [0.29, 0.717) is 31.6 Å². The third kappa shape index (κ3) is 5.31. The number of anilines is 1. The van der Waals surface area contributed by atoms with Gasteiger partial charge >= 0.3 is 0 Å². The Bertz CT molecular complexity index is 751. The molecule has 26 heavy (non-hydrogen) atoms. The van der Waals surface area contributed by atoms with E-state index < -0.39 is 10.8 Å². The molecule has 1 heterocycles. The predicted octanol–water partition coefficient (Wildman–Crippen LogP) is 1.54. The minimum atomic E-state index is -0.519. The van der Waals surface area contributed by atoms with E-state index in [-0.39, 0.29) is 17.2 Å². The van der Waals surface area contributed by atoms with E-state index in [0.717, 1.165) is 13.0 Å². The van der Waals surface area contributed by atoms with Crippen LogP contribution in [0.4, 0.5) is 11.4 Å². The summed E-state index contributed by atoms with van der Waals surface area (Å²) >= 11 is 0. The number of hydrogen-bond donors (Lipinski definition) is 2. The van der Waals surface area contributed by atoms with Crippen molar-refractivity contribution in [1.82, 2.24) is 10.2 Å². The monoisotopic (exact) mass is 357 g/mol. The van der Waals surface area contributed by atoms with Crippen molar-refractivity contribution in [2.45, 2.75) is 19.3 Å². The maximum Gasteiger partial charge on any atom is 0.269 e. The summed E-state index contributed by atoms with van der Waals surface area (Å²) in [7, 11) is 0. The van der Waals surface area contributed by atoms with Crippen LogP contribution in [0.3, 0.4) is 0 Å². The van der Waals surface area contributed by atoms with Crippen molar-refractivity contribution in [3.63, 3.8) is 0 Å². The summed E-state index contributed by atoms with van der Waals surface area (Å²) in [6.45, 7) is 1.71. The average Bonchev–Trinajstić information content (AvgIpc) is 3.04. The van der Waals surface area contributed by atoms with Crippen LogP contribution >= 0.6 is 0 Å². The van der Waals surface area contributed by atoms with Gasteiger partial charge in [0.15, 0.2) is 0 Å². The zero-order chi connectivity index (χ0) is 18.9. The van der Waals surface area contributed by atoms with Crippen LogP contribution in [-0.4, -0.2) is 41.3 Å². The normalized spacial score (nSPS) is 14.0. The minimum absolute atomic E-state index is 0.0470. The lowest BCUT2D eigenvalue weighted by Gasteiger charge is -2.15. The van der Waals surface area contributed by atoms with Crippen molar-refractivity contribution < 1.29 is 14.5 Å². The second-order valence-electron chi connectivity index (χ2n) is 5.71. The van der Waals surface area contributed by atoms with Gasteiger partial charge in [-0.15, -0.1) is 0 Å². The minimum Gasteiger partial charge on any atom is -0.360 e. The van der Waals surface area contributed by atoms with E-state index in [1.54, 1.807) is 11.0 Å². The number of likely N-dealkylation sites (tertiary alicyclic amines) is 1. The summed E-state index contributed by atoms with van der Waals surface area (Å²) < 4.78 is 0. The molecule has 0 atom stereocenters. The molecule has 2 amide bonds. The number of nitriles is 1. The highest BCUT2D eigenvalue weighted by molar-refractivity contribution is 5.97. The van der Waals surface area contributed by atoms with Gasteiger partial charge in [-0.2, -0.15) is 5.26 Å². The molecule has 1 aliphatic heterocycles. The molecule has 2 rings (SSSR count). The Labute approximate surface area is 150 Å². The second-order valence-corrected chi connectivity index (χ2v) is 5.71. The Hall–Kier alpha value is -3.41. The van der Waals surface area contributed by atoms with Gasteiger partial charge in [0, 0.05) is 50.1 Å². The van der Waals surface area contributed by atoms with Gasteiger partial charge in [-0.1, -0.05) is 0 Å². The Morgan fingerprint density at radius 1 is 1.38 bits per heavy atom. The van der Waals surface area contributed by atoms with Crippen LogP contribution in [-0.2, 0) is 9.59 Å². The zero-order valence-electron chi connectivity index (χ0n) is 14.1. The molecule has 1 fully saturated rings. The molecule has 0 unspecified atom stereocenters. The van der Waals surface area contributed by atoms with Crippen molar-refractivity contribution in [2.75, 3.05) is 25.0 Å². The largest absolute Gasteiger partial charge is 0.360 e. The quantitative estimate of drug-likeness (QED) is 0.239. The molecule has 2 N–H and O–H groups in total. The molecule has 136 valence electrons. The number of hydrogen-bond acceptors (Lipinski definition) is 6. The van der Waals surface area contributed by atoms with Crippen molar-refractivity contribution in [3.8, 4) is 6.07 Å². The van der Waals surface area contributed by atoms with Crippen LogP contribution in [0.2, 0.25) is 0 Å². The molecule has 1 aromatic rings. The maximum atomic E-state index is 12.0. The molecule has 9 heteroatoms. The molecule has 0 aliphatic carbocycles. The summed E-state index contributed by atoms with van der Waals surface area (Å²) in [6, 6.07) is 7.41. The number of rotatable bonds is 8. The average molecular weight is 357 g/mol. The summed E-state index contributed by atoms with van der Waals surface area (Å²) in [5, 5.41) is 25.1. The first-order chi connectivity index (χ1) is 12.5. The summed E-state index contributed by atoms with van der Waals surface area (Å²) in [6.07, 6.45) is 3.33. The highest BCUT2D eigenvalue weighted by Gasteiger charge is 2.19. The fourth-order valence-corrected chi connectivity index (χ4v) is 2.49. The van der Waals surface area contributed by atoms with Gasteiger partial charge in [0.05, 0.1) is 4.92 Å². The maximum absolute atomic E-state index is 12.0. The Kier molecular flexibility index (Phi) is 6.68. The van der Waals surface area contributed by atoms with Gasteiger partial charge in [0.1, 0.15) is 11.6 Å². The molecule has 0 saturated carbocycles. The molecule has 1 aliphatic rings. The fourth-order valence-electron chi connectivity index (χ4n) is 2.49.